The van der Waals surface area contributed by atoms with E-state index in [1.165, 1.54) is 10.5 Å². The van der Waals surface area contributed by atoms with Crippen LogP contribution in [0.15, 0.2) is 33.7 Å². The first-order chi connectivity index (χ1) is 12.8. The zero-order chi connectivity index (χ0) is 19.5. The standard InChI is InChI=1S/C19H26BrF3N4/c1-24-17(25-10-14-6-9-27(11-14)13-19(21,22)23)26-12-18(7-8-18)15-4-2-3-5-16(15)20/h2-5,14H,6-13H2,1H3,(H2,24,25,26). The van der Waals surface area contributed by atoms with Crippen molar-refractivity contribution in [1.82, 2.24) is 15.5 Å². The molecule has 1 saturated heterocycles. The van der Waals surface area contributed by atoms with E-state index in [0.717, 1.165) is 30.3 Å². The predicted octanol–water partition coefficient (Wildman–Crippen LogP) is 3.53. The minimum Gasteiger partial charge on any atom is -0.356 e. The van der Waals surface area contributed by atoms with E-state index >= 15 is 0 Å². The molecule has 0 radical (unpaired) electrons. The van der Waals surface area contributed by atoms with Crippen LogP contribution in [0.1, 0.15) is 24.8 Å². The molecule has 1 aliphatic heterocycles. The fourth-order valence-electron chi connectivity index (χ4n) is 3.77. The maximum Gasteiger partial charge on any atom is 0.401 e. The van der Waals surface area contributed by atoms with Gasteiger partial charge in [-0.3, -0.25) is 9.89 Å². The Bertz CT molecular complexity index is 673. The van der Waals surface area contributed by atoms with Crippen LogP contribution in [0.5, 0.6) is 0 Å². The molecule has 1 atom stereocenters. The zero-order valence-corrected chi connectivity index (χ0v) is 17.0. The number of hydrogen-bond donors (Lipinski definition) is 2. The van der Waals surface area contributed by atoms with Gasteiger partial charge in [-0.15, -0.1) is 0 Å². The highest BCUT2D eigenvalue weighted by Gasteiger charge is 2.45. The number of halogens is 4. The van der Waals surface area contributed by atoms with Crippen LogP contribution < -0.4 is 10.6 Å². The van der Waals surface area contributed by atoms with Crippen molar-refractivity contribution < 1.29 is 13.2 Å². The second-order valence-electron chi connectivity index (χ2n) is 7.57. The number of aliphatic imine (C=N–C) groups is 1. The summed E-state index contributed by atoms with van der Waals surface area (Å²) in [7, 11) is 1.72. The number of nitrogens with one attached hydrogen (secondary N) is 2. The summed E-state index contributed by atoms with van der Waals surface area (Å²) in [6, 6.07) is 8.29. The Morgan fingerprint density at radius 2 is 2.04 bits per heavy atom. The highest BCUT2D eigenvalue weighted by molar-refractivity contribution is 9.10. The molecule has 0 spiro atoms. The lowest BCUT2D eigenvalue weighted by Gasteiger charge is -2.21. The van der Waals surface area contributed by atoms with E-state index in [-0.39, 0.29) is 11.3 Å². The van der Waals surface area contributed by atoms with Gasteiger partial charge in [0.25, 0.3) is 0 Å². The number of rotatable bonds is 6. The number of likely N-dealkylation sites (tertiary alicyclic amines) is 1. The molecule has 1 saturated carbocycles. The van der Waals surface area contributed by atoms with E-state index in [1.807, 2.05) is 6.07 Å². The SMILES string of the molecule is CN=C(NCC1CCN(CC(F)(F)F)C1)NCC1(c2ccccc2Br)CC1. The zero-order valence-electron chi connectivity index (χ0n) is 15.4. The van der Waals surface area contributed by atoms with E-state index in [0.29, 0.717) is 25.6 Å². The third kappa shape index (κ3) is 5.60. The lowest BCUT2D eigenvalue weighted by atomic mass is 9.96. The van der Waals surface area contributed by atoms with Crippen LogP contribution in [0.2, 0.25) is 0 Å². The fraction of sp³-hybridized carbons (Fsp3) is 0.632. The topological polar surface area (TPSA) is 39.7 Å². The fourth-order valence-corrected chi connectivity index (χ4v) is 4.48. The molecule has 8 heteroatoms. The molecule has 0 amide bonds. The molecule has 2 aliphatic rings. The van der Waals surface area contributed by atoms with E-state index in [1.54, 1.807) is 7.05 Å². The quantitative estimate of drug-likeness (QED) is 0.518. The van der Waals surface area contributed by atoms with Gasteiger partial charge in [0.15, 0.2) is 5.96 Å². The second-order valence-corrected chi connectivity index (χ2v) is 8.43. The molecule has 27 heavy (non-hydrogen) atoms. The van der Waals surface area contributed by atoms with Crippen molar-refractivity contribution in [2.45, 2.75) is 30.9 Å². The van der Waals surface area contributed by atoms with Crippen molar-refractivity contribution in [2.24, 2.45) is 10.9 Å². The van der Waals surface area contributed by atoms with Gasteiger partial charge < -0.3 is 10.6 Å². The molecule has 0 aromatic heterocycles. The van der Waals surface area contributed by atoms with Gasteiger partial charge in [-0.1, -0.05) is 34.1 Å². The van der Waals surface area contributed by atoms with Crippen LogP contribution in [0.3, 0.4) is 0 Å². The van der Waals surface area contributed by atoms with Crippen LogP contribution in [-0.2, 0) is 5.41 Å². The van der Waals surface area contributed by atoms with Crippen LogP contribution in [0, 0.1) is 5.92 Å². The first kappa shape index (κ1) is 20.5. The summed E-state index contributed by atoms with van der Waals surface area (Å²) in [5.74, 6) is 0.923. The van der Waals surface area contributed by atoms with E-state index in [4.69, 9.17) is 0 Å². The van der Waals surface area contributed by atoms with Gasteiger partial charge >= 0.3 is 6.18 Å². The molecule has 150 valence electrons. The molecule has 1 aromatic carbocycles. The highest BCUT2D eigenvalue weighted by atomic mass is 79.9. The monoisotopic (exact) mass is 446 g/mol. The van der Waals surface area contributed by atoms with E-state index in [9.17, 15) is 13.2 Å². The summed E-state index contributed by atoms with van der Waals surface area (Å²) in [5.41, 5.74) is 1.45. The molecule has 2 N–H and O–H groups in total. The molecular weight excluding hydrogens is 421 g/mol. The number of nitrogens with zero attached hydrogens (tertiary/aromatic N) is 2. The van der Waals surface area contributed by atoms with Crippen LogP contribution >= 0.6 is 15.9 Å². The Labute approximate surface area is 166 Å². The summed E-state index contributed by atoms with van der Waals surface area (Å²) >= 11 is 3.64. The molecule has 3 rings (SSSR count). The Morgan fingerprint density at radius 1 is 1.30 bits per heavy atom. The first-order valence-electron chi connectivity index (χ1n) is 9.30. The minimum atomic E-state index is -4.12. The largest absolute Gasteiger partial charge is 0.401 e. The summed E-state index contributed by atoms with van der Waals surface area (Å²) in [6.45, 7) is 1.59. The summed E-state index contributed by atoms with van der Waals surface area (Å²) < 4.78 is 38.6. The molecule has 2 fully saturated rings. The second kappa shape index (κ2) is 8.39. The molecular formula is C19H26BrF3N4. The van der Waals surface area contributed by atoms with Gasteiger partial charge in [0.1, 0.15) is 0 Å². The van der Waals surface area contributed by atoms with Gasteiger partial charge in [0.2, 0.25) is 0 Å². The van der Waals surface area contributed by atoms with Gasteiger partial charge in [-0.25, -0.2) is 0 Å². The van der Waals surface area contributed by atoms with Gasteiger partial charge in [0.05, 0.1) is 6.54 Å². The first-order valence-corrected chi connectivity index (χ1v) is 10.1. The van der Waals surface area contributed by atoms with Crippen molar-refractivity contribution in [2.75, 3.05) is 39.8 Å². The molecule has 1 unspecified atom stereocenters. The van der Waals surface area contributed by atoms with E-state index in [2.05, 4.69) is 49.8 Å². The number of alkyl halides is 3. The molecule has 1 aliphatic carbocycles. The average Bonchev–Trinajstić information content (AvgIpc) is 3.27. The third-order valence-electron chi connectivity index (χ3n) is 5.45. The van der Waals surface area contributed by atoms with Gasteiger partial charge in [-0.2, -0.15) is 13.2 Å². The smallest absolute Gasteiger partial charge is 0.356 e. The lowest BCUT2D eigenvalue weighted by Crippen LogP contribution is -2.43. The molecule has 0 bridgehead atoms. The average molecular weight is 447 g/mol. The van der Waals surface area contributed by atoms with Crippen molar-refractivity contribution >= 4 is 21.9 Å². The van der Waals surface area contributed by atoms with Crippen molar-refractivity contribution in [3.8, 4) is 0 Å². The number of guanidine groups is 1. The van der Waals surface area contributed by atoms with Crippen molar-refractivity contribution in [3.05, 3.63) is 34.3 Å². The Hall–Kier alpha value is -1.28. The van der Waals surface area contributed by atoms with Crippen molar-refractivity contribution in [1.29, 1.82) is 0 Å². The van der Waals surface area contributed by atoms with Gasteiger partial charge in [-0.05, 0) is 43.4 Å². The van der Waals surface area contributed by atoms with Gasteiger partial charge in [0, 0.05) is 36.6 Å². The highest BCUT2D eigenvalue weighted by Crippen LogP contribution is 2.49. The Kier molecular flexibility index (Phi) is 6.35. The summed E-state index contributed by atoms with van der Waals surface area (Å²) in [5, 5.41) is 6.68. The minimum absolute atomic E-state index is 0.134. The van der Waals surface area contributed by atoms with Crippen LogP contribution in [0.25, 0.3) is 0 Å². The van der Waals surface area contributed by atoms with Crippen molar-refractivity contribution in [3.63, 3.8) is 0 Å². The van der Waals surface area contributed by atoms with E-state index < -0.39 is 12.7 Å². The normalized spacial score (nSPS) is 22.7. The maximum atomic E-state index is 12.5. The third-order valence-corrected chi connectivity index (χ3v) is 6.14. The Balaban J connectivity index is 1.45. The summed E-state index contributed by atoms with van der Waals surface area (Å²) in [4.78, 5) is 5.74. The molecule has 4 nitrogen and oxygen atoms in total. The molecule has 1 heterocycles. The number of hydrogen-bond acceptors (Lipinski definition) is 2. The Morgan fingerprint density at radius 3 is 2.67 bits per heavy atom. The predicted molar refractivity (Wildman–Crippen MR) is 105 cm³/mol. The summed E-state index contributed by atoms with van der Waals surface area (Å²) in [6.07, 6.45) is -1.07. The maximum absolute atomic E-state index is 12.5. The lowest BCUT2D eigenvalue weighted by molar-refractivity contribution is -0.143. The number of benzene rings is 1. The molecule has 1 aromatic rings. The van der Waals surface area contributed by atoms with Crippen LogP contribution in [-0.4, -0.2) is 56.8 Å². The van der Waals surface area contributed by atoms with Crippen LogP contribution in [0.4, 0.5) is 13.2 Å².